The number of primary sulfonamides is 1. The number of hydrogen-bond donors (Lipinski definition) is 2. The minimum atomic E-state index is -3.91. The number of aromatic nitrogens is 1. The number of halogens is 1. The molecule has 160 valence electrons. The van der Waals surface area contributed by atoms with Crippen molar-refractivity contribution in [1.82, 2.24) is 4.98 Å². The molecule has 1 amide bonds. The van der Waals surface area contributed by atoms with Crippen molar-refractivity contribution in [3.8, 4) is 11.5 Å². The number of ether oxygens (including phenoxy) is 1. The first-order chi connectivity index (χ1) is 14.6. The van der Waals surface area contributed by atoms with Gasteiger partial charge in [-0.15, -0.1) is 0 Å². The van der Waals surface area contributed by atoms with Crippen molar-refractivity contribution in [3.05, 3.63) is 83.4 Å². The summed E-state index contributed by atoms with van der Waals surface area (Å²) < 4.78 is 43.0. The Balaban J connectivity index is 1.73. The standard InChI is InChI=1S/C22H20FN3O4S/c1-14-10-18(31(24,28)29)12-20(15(14)2)26-22(27)8-6-16-5-7-21(19(23)11-16)30-17-4-3-9-25-13-17/h3-13H,1-2H3,(H,26,27)(H2,24,28,29)/b8-6+. The number of aryl methyl sites for hydroxylation is 1. The molecule has 0 saturated heterocycles. The molecule has 0 aliphatic heterocycles. The second kappa shape index (κ2) is 9.07. The molecule has 1 aromatic heterocycles. The van der Waals surface area contributed by atoms with Gasteiger partial charge in [-0.1, -0.05) is 6.07 Å². The van der Waals surface area contributed by atoms with Gasteiger partial charge in [-0.05, 0) is 73.0 Å². The van der Waals surface area contributed by atoms with Gasteiger partial charge in [-0.25, -0.2) is 17.9 Å². The molecule has 0 aliphatic rings. The summed E-state index contributed by atoms with van der Waals surface area (Å²) in [5.41, 5.74) is 2.14. The Hall–Kier alpha value is -3.56. The zero-order valence-corrected chi connectivity index (χ0v) is 17.6. The van der Waals surface area contributed by atoms with Crippen molar-refractivity contribution in [2.45, 2.75) is 18.7 Å². The van der Waals surface area contributed by atoms with E-state index in [4.69, 9.17) is 9.88 Å². The number of rotatable bonds is 6. The van der Waals surface area contributed by atoms with Gasteiger partial charge in [-0.2, -0.15) is 0 Å². The maximum atomic E-state index is 14.3. The van der Waals surface area contributed by atoms with Gasteiger partial charge in [0.05, 0.1) is 11.1 Å². The first-order valence-corrected chi connectivity index (χ1v) is 10.7. The van der Waals surface area contributed by atoms with Crippen LogP contribution in [0.3, 0.4) is 0 Å². The van der Waals surface area contributed by atoms with Crippen LogP contribution in [-0.4, -0.2) is 19.3 Å². The highest BCUT2D eigenvalue weighted by molar-refractivity contribution is 7.89. The minimum Gasteiger partial charge on any atom is -0.453 e. The van der Waals surface area contributed by atoms with Gasteiger partial charge in [0, 0.05) is 18.0 Å². The quantitative estimate of drug-likeness (QED) is 0.563. The Bertz CT molecular complexity index is 1260. The molecule has 0 aliphatic carbocycles. The van der Waals surface area contributed by atoms with Crippen LogP contribution >= 0.6 is 0 Å². The van der Waals surface area contributed by atoms with E-state index in [0.29, 0.717) is 28.1 Å². The van der Waals surface area contributed by atoms with Crippen molar-refractivity contribution >= 4 is 27.7 Å². The molecule has 0 saturated carbocycles. The maximum absolute atomic E-state index is 14.3. The third-order valence-electron chi connectivity index (χ3n) is 4.47. The molecule has 31 heavy (non-hydrogen) atoms. The van der Waals surface area contributed by atoms with Crippen LogP contribution in [0.25, 0.3) is 6.08 Å². The molecule has 3 aromatic rings. The molecule has 9 heteroatoms. The molecule has 0 spiro atoms. The lowest BCUT2D eigenvalue weighted by molar-refractivity contribution is -0.111. The molecule has 0 bridgehead atoms. The molecule has 2 aromatic carbocycles. The average Bonchev–Trinajstić information content (AvgIpc) is 2.71. The molecule has 0 radical (unpaired) electrons. The molecular formula is C22H20FN3O4S. The highest BCUT2D eigenvalue weighted by Gasteiger charge is 2.13. The fourth-order valence-electron chi connectivity index (χ4n) is 2.70. The van der Waals surface area contributed by atoms with E-state index in [9.17, 15) is 17.6 Å². The molecule has 7 nitrogen and oxygen atoms in total. The van der Waals surface area contributed by atoms with E-state index in [1.165, 1.54) is 42.6 Å². The average molecular weight is 441 g/mol. The Morgan fingerprint density at radius 1 is 1.19 bits per heavy atom. The summed E-state index contributed by atoms with van der Waals surface area (Å²) in [5, 5.41) is 7.80. The van der Waals surface area contributed by atoms with Crippen LogP contribution in [0, 0.1) is 19.7 Å². The van der Waals surface area contributed by atoms with Gasteiger partial charge >= 0.3 is 0 Å². The summed E-state index contributed by atoms with van der Waals surface area (Å²) in [6.07, 6.45) is 5.69. The number of carbonyl (C=O) groups is 1. The van der Waals surface area contributed by atoms with Crippen LogP contribution < -0.4 is 15.2 Å². The van der Waals surface area contributed by atoms with Crippen molar-refractivity contribution in [2.75, 3.05) is 5.32 Å². The zero-order chi connectivity index (χ0) is 22.6. The number of benzene rings is 2. The second-order valence-electron chi connectivity index (χ2n) is 6.76. The van der Waals surface area contributed by atoms with Crippen LogP contribution in [0.4, 0.5) is 10.1 Å². The van der Waals surface area contributed by atoms with Crippen molar-refractivity contribution in [2.24, 2.45) is 5.14 Å². The number of anilines is 1. The third kappa shape index (κ3) is 5.74. The first-order valence-electron chi connectivity index (χ1n) is 9.14. The van der Waals surface area contributed by atoms with Gasteiger partial charge in [0.25, 0.3) is 0 Å². The van der Waals surface area contributed by atoms with E-state index in [1.54, 1.807) is 38.2 Å². The lowest BCUT2D eigenvalue weighted by Crippen LogP contribution is -2.15. The number of hydrogen-bond acceptors (Lipinski definition) is 5. The lowest BCUT2D eigenvalue weighted by atomic mass is 10.1. The van der Waals surface area contributed by atoms with Crippen molar-refractivity contribution in [3.63, 3.8) is 0 Å². The zero-order valence-electron chi connectivity index (χ0n) is 16.8. The van der Waals surface area contributed by atoms with Gasteiger partial charge < -0.3 is 10.1 Å². The fourth-order valence-corrected chi connectivity index (χ4v) is 3.33. The SMILES string of the molecule is Cc1cc(S(N)(=O)=O)cc(NC(=O)/C=C/c2ccc(Oc3cccnc3)c(F)c2)c1C. The van der Waals surface area contributed by atoms with Gasteiger partial charge in [0.1, 0.15) is 5.75 Å². The first kappa shape index (κ1) is 22.1. The summed E-state index contributed by atoms with van der Waals surface area (Å²) >= 11 is 0. The molecule has 3 N–H and O–H groups in total. The van der Waals surface area contributed by atoms with Gasteiger partial charge in [-0.3, -0.25) is 9.78 Å². The number of nitrogens with one attached hydrogen (secondary N) is 1. The smallest absolute Gasteiger partial charge is 0.248 e. The van der Waals surface area contributed by atoms with E-state index in [-0.39, 0.29) is 10.6 Å². The van der Waals surface area contributed by atoms with E-state index >= 15 is 0 Å². The highest BCUT2D eigenvalue weighted by Crippen LogP contribution is 2.25. The molecule has 0 fully saturated rings. The Morgan fingerprint density at radius 3 is 2.61 bits per heavy atom. The molecule has 0 atom stereocenters. The Labute approximate surface area is 179 Å². The number of nitrogens with two attached hydrogens (primary N) is 1. The van der Waals surface area contributed by atoms with E-state index in [0.717, 1.165) is 0 Å². The predicted molar refractivity (Wildman–Crippen MR) is 116 cm³/mol. The van der Waals surface area contributed by atoms with Crippen molar-refractivity contribution < 1.29 is 22.3 Å². The molecule has 0 unspecified atom stereocenters. The topological polar surface area (TPSA) is 111 Å². The summed E-state index contributed by atoms with van der Waals surface area (Å²) in [6, 6.07) is 10.3. The monoisotopic (exact) mass is 441 g/mol. The van der Waals surface area contributed by atoms with Gasteiger partial charge in [0.15, 0.2) is 11.6 Å². The van der Waals surface area contributed by atoms with Crippen LogP contribution in [0.2, 0.25) is 0 Å². The number of pyridine rings is 1. The second-order valence-corrected chi connectivity index (χ2v) is 8.32. The molecule has 1 heterocycles. The predicted octanol–water partition coefficient (Wildman–Crippen LogP) is 3.93. The van der Waals surface area contributed by atoms with Crippen LogP contribution in [0.5, 0.6) is 11.5 Å². The van der Waals surface area contributed by atoms with Gasteiger partial charge in [0.2, 0.25) is 15.9 Å². The third-order valence-corrected chi connectivity index (χ3v) is 5.37. The number of carbonyl (C=O) groups excluding carboxylic acids is 1. The van der Waals surface area contributed by atoms with Crippen LogP contribution in [0.1, 0.15) is 16.7 Å². The Kier molecular flexibility index (Phi) is 6.47. The largest absolute Gasteiger partial charge is 0.453 e. The van der Waals surface area contributed by atoms with Crippen molar-refractivity contribution in [1.29, 1.82) is 0 Å². The van der Waals surface area contributed by atoms with Crippen LogP contribution in [0.15, 0.2) is 65.8 Å². The number of amides is 1. The summed E-state index contributed by atoms with van der Waals surface area (Å²) in [4.78, 5) is 16.1. The summed E-state index contributed by atoms with van der Waals surface area (Å²) in [6.45, 7) is 3.46. The Morgan fingerprint density at radius 2 is 1.97 bits per heavy atom. The highest BCUT2D eigenvalue weighted by atomic mass is 32.2. The molecule has 3 rings (SSSR count). The fraction of sp³-hybridized carbons (Fsp3) is 0.0909. The normalized spacial score (nSPS) is 11.5. The lowest BCUT2D eigenvalue weighted by Gasteiger charge is -2.11. The number of sulfonamides is 1. The summed E-state index contributed by atoms with van der Waals surface area (Å²) in [7, 11) is -3.91. The van der Waals surface area contributed by atoms with Crippen LogP contribution in [-0.2, 0) is 14.8 Å². The van der Waals surface area contributed by atoms with E-state index < -0.39 is 21.7 Å². The minimum absolute atomic E-state index is 0.0283. The maximum Gasteiger partial charge on any atom is 0.248 e. The number of nitrogens with zero attached hydrogens (tertiary/aromatic N) is 1. The van der Waals surface area contributed by atoms with E-state index in [2.05, 4.69) is 10.3 Å². The summed E-state index contributed by atoms with van der Waals surface area (Å²) in [5.74, 6) is -0.680. The molecular weight excluding hydrogens is 421 g/mol. The van der Waals surface area contributed by atoms with E-state index in [1.807, 2.05) is 0 Å².